The van der Waals surface area contributed by atoms with Crippen molar-refractivity contribution in [1.82, 2.24) is 0 Å². The van der Waals surface area contributed by atoms with Gasteiger partial charge in [-0.25, -0.2) is 0 Å². The first-order chi connectivity index (χ1) is 29.8. The Bertz CT molecular complexity index is 3870. The Hall–Kier alpha value is -7.13. The molecule has 0 saturated carbocycles. The van der Waals surface area contributed by atoms with E-state index in [9.17, 15) is 0 Å². The van der Waals surface area contributed by atoms with Gasteiger partial charge < -0.3 is 4.90 Å². The molecule has 12 aromatic rings. The normalized spacial score (nSPS) is 13.6. The molecule has 0 radical (unpaired) electrons. The zero-order valence-electron chi connectivity index (χ0n) is 32.4. The maximum Gasteiger partial charge on any atom is 0.248 e. The topological polar surface area (TPSA) is 3.24 Å². The fourth-order valence-electron chi connectivity index (χ4n) is 12.0. The Morgan fingerprint density at radius 2 is 0.883 bits per heavy atom. The van der Waals surface area contributed by atoms with Gasteiger partial charge in [-0.3, -0.25) is 0 Å². The van der Waals surface area contributed by atoms with Crippen LogP contribution < -0.4 is 37.7 Å². The van der Waals surface area contributed by atoms with Crippen LogP contribution in [0.5, 0.6) is 0 Å². The summed E-state index contributed by atoms with van der Waals surface area (Å²) in [7, 11) is 0. The number of nitrogens with zero attached hydrogens (tertiary/aromatic N) is 1. The van der Waals surface area contributed by atoms with E-state index in [2.05, 4.69) is 193 Å². The molecule has 15 rings (SSSR count). The highest BCUT2D eigenvalue weighted by Crippen LogP contribution is 2.48. The summed E-state index contributed by atoms with van der Waals surface area (Å²) in [5.74, 6) is 0. The number of thiophene rings is 1. The average Bonchev–Trinajstić information content (AvgIpc) is 3.87. The number of hydrogen-bond acceptors (Lipinski definition) is 2. The van der Waals surface area contributed by atoms with E-state index in [4.69, 9.17) is 0 Å². The van der Waals surface area contributed by atoms with Crippen LogP contribution in [-0.2, 0) is 0 Å². The van der Waals surface area contributed by atoms with E-state index < -0.39 is 0 Å². The summed E-state index contributed by atoms with van der Waals surface area (Å²) in [5.41, 5.74) is 13.8. The highest BCUT2D eigenvalue weighted by atomic mass is 32.1. The summed E-state index contributed by atoms with van der Waals surface area (Å²) in [6.07, 6.45) is 0. The summed E-state index contributed by atoms with van der Waals surface area (Å²) in [5, 5.41) is 18.6. The van der Waals surface area contributed by atoms with Crippen LogP contribution in [0.15, 0.2) is 188 Å². The van der Waals surface area contributed by atoms with Crippen molar-refractivity contribution in [3.63, 3.8) is 0 Å². The molecular formula is C56H31B2NS. The van der Waals surface area contributed by atoms with Gasteiger partial charge in [-0.05, 0) is 115 Å². The maximum atomic E-state index is 2.67. The summed E-state index contributed by atoms with van der Waals surface area (Å²) < 4.78 is 1.33. The molecule has 4 heteroatoms. The molecular weight excluding hydrogens is 740 g/mol. The number of hydrogen-bond donors (Lipinski definition) is 0. The first-order valence-electron chi connectivity index (χ1n) is 21.1. The van der Waals surface area contributed by atoms with Crippen molar-refractivity contribution < 1.29 is 0 Å². The molecule has 0 unspecified atom stereocenters. The van der Waals surface area contributed by atoms with Crippen LogP contribution in [0, 0.1) is 0 Å². The number of anilines is 3. The third-order valence-corrected chi connectivity index (χ3v) is 15.5. The molecule has 0 fully saturated rings. The predicted molar refractivity (Wildman–Crippen MR) is 263 cm³/mol. The van der Waals surface area contributed by atoms with E-state index >= 15 is 0 Å². The number of fused-ring (bicyclic) bond motifs is 22. The number of benzene rings is 11. The Morgan fingerprint density at radius 3 is 1.57 bits per heavy atom. The van der Waals surface area contributed by atoms with Crippen molar-refractivity contribution in [3.8, 4) is 11.1 Å². The van der Waals surface area contributed by atoms with Crippen LogP contribution >= 0.6 is 11.3 Å². The summed E-state index contributed by atoms with van der Waals surface area (Å²) in [6.45, 7) is 0.199. The largest absolute Gasteiger partial charge is 0.304 e. The lowest BCUT2D eigenvalue weighted by atomic mass is 9.31. The molecule has 0 atom stereocenters. The van der Waals surface area contributed by atoms with Gasteiger partial charge in [-0.2, -0.15) is 0 Å². The van der Waals surface area contributed by atoms with Gasteiger partial charge in [0.2, 0.25) is 13.4 Å². The summed E-state index contributed by atoms with van der Waals surface area (Å²) in [4.78, 5) is 2.67. The van der Waals surface area contributed by atoms with Gasteiger partial charge >= 0.3 is 0 Å². The van der Waals surface area contributed by atoms with Crippen molar-refractivity contribution in [2.24, 2.45) is 0 Å². The predicted octanol–water partition coefficient (Wildman–Crippen LogP) is 10.9. The van der Waals surface area contributed by atoms with Gasteiger partial charge in [-0.1, -0.05) is 187 Å². The molecule has 3 aliphatic heterocycles. The van der Waals surface area contributed by atoms with Crippen molar-refractivity contribution in [3.05, 3.63) is 188 Å². The van der Waals surface area contributed by atoms with Crippen LogP contribution in [0.1, 0.15) is 0 Å². The fourth-order valence-corrected chi connectivity index (χ4v) is 13.3. The second-order valence-electron chi connectivity index (χ2n) is 17.0. The van der Waals surface area contributed by atoms with Crippen LogP contribution in [0.4, 0.5) is 16.4 Å². The lowest BCUT2D eigenvalue weighted by Crippen LogP contribution is -2.63. The van der Waals surface area contributed by atoms with Crippen molar-refractivity contribution in [1.29, 1.82) is 0 Å². The molecule has 0 bridgehead atoms. The summed E-state index contributed by atoms with van der Waals surface area (Å²) >= 11 is 1.95. The van der Waals surface area contributed by atoms with Gasteiger partial charge in [0.25, 0.3) is 0 Å². The first kappa shape index (κ1) is 31.8. The van der Waals surface area contributed by atoms with Crippen molar-refractivity contribution in [2.45, 2.75) is 0 Å². The monoisotopic (exact) mass is 771 g/mol. The van der Waals surface area contributed by atoms with Gasteiger partial charge in [0.05, 0.1) is 5.00 Å². The molecule has 60 heavy (non-hydrogen) atoms. The zero-order valence-corrected chi connectivity index (χ0v) is 33.2. The van der Waals surface area contributed by atoms with Crippen LogP contribution in [-0.4, -0.2) is 13.4 Å². The van der Waals surface area contributed by atoms with Crippen LogP contribution in [0.25, 0.3) is 85.8 Å². The smallest absolute Gasteiger partial charge is 0.248 e. The molecule has 0 N–H and O–H groups in total. The second-order valence-corrected chi connectivity index (χ2v) is 18.0. The fraction of sp³-hybridized carbons (Fsp3) is 0. The molecule has 1 nitrogen and oxygen atoms in total. The number of rotatable bonds is 1. The van der Waals surface area contributed by atoms with E-state index in [0.29, 0.717) is 0 Å². The Labute approximate surface area is 350 Å². The minimum atomic E-state index is 0.0644. The average molecular weight is 772 g/mol. The molecule has 0 spiro atoms. The second kappa shape index (κ2) is 11.3. The van der Waals surface area contributed by atoms with Crippen LogP contribution in [0.3, 0.4) is 0 Å². The molecule has 1 aromatic heterocycles. The standard InChI is InChI=1S/C56H31B2NS/c1-2-15-35-33(13-1)34-14-4-6-19-39(34)45-31-32(27-28-40(35)45)57-47-23-12-24-48-55(47)59(56-54(57)43-21-9-10-26-50(43)60-56)49-25-11-22-44-52-46(58(48)53(44)49)30-29-42-38-18-5-3-16-36(38)37-17-7-8-20-41(37)51(42)52/h1-31H. The maximum absolute atomic E-state index is 2.67. The minimum absolute atomic E-state index is 0.0644. The Balaban J connectivity index is 1.05. The van der Waals surface area contributed by atoms with E-state index in [1.807, 2.05) is 11.3 Å². The van der Waals surface area contributed by atoms with Gasteiger partial charge in [-0.15, -0.1) is 11.3 Å². The highest BCUT2D eigenvalue weighted by Gasteiger charge is 2.48. The SMILES string of the molecule is c1cc2c3c(c1)B(c1ccc4c5ccccc5c5ccccc5c4c1)c1c(sc4ccccc14)N3c1cccc3c1B2c1ccc2c4ccccc4c4ccccc4c2c1-3. The Morgan fingerprint density at radius 1 is 0.367 bits per heavy atom. The molecule has 11 aromatic carbocycles. The highest BCUT2D eigenvalue weighted by molar-refractivity contribution is 7.26. The molecule has 272 valence electrons. The van der Waals surface area contributed by atoms with Crippen LogP contribution in [0.2, 0.25) is 0 Å². The van der Waals surface area contributed by atoms with Crippen molar-refractivity contribution >= 4 is 149 Å². The third-order valence-electron chi connectivity index (χ3n) is 14.3. The Kier molecular flexibility index (Phi) is 6.00. The van der Waals surface area contributed by atoms with E-state index in [-0.39, 0.29) is 13.4 Å². The minimum Gasteiger partial charge on any atom is -0.304 e. The molecule has 0 saturated heterocycles. The lowest BCUT2D eigenvalue weighted by molar-refractivity contribution is 1.34. The zero-order chi connectivity index (χ0) is 38.8. The van der Waals surface area contributed by atoms with Crippen molar-refractivity contribution in [2.75, 3.05) is 4.90 Å². The quantitative estimate of drug-likeness (QED) is 0.119. The molecule has 0 aliphatic carbocycles. The van der Waals surface area contributed by atoms with Gasteiger partial charge in [0.15, 0.2) is 0 Å². The van der Waals surface area contributed by atoms with E-state index in [1.165, 1.54) is 135 Å². The molecule has 0 amide bonds. The van der Waals surface area contributed by atoms with E-state index in [0.717, 1.165) is 0 Å². The summed E-state index contributed by atoms with van der Waals surface area (Å²) in [6, 6.07) is 71.6. The third kappa shape index (κ3) is 3.82. The first-order valence-corrected chi connectivity index (χ1v) is 21.9. The number of para-hydroxylation sites is 1. The van der Waals surface area contributed by atoms with E-state index in [1.54, 1.807) is 0 Å². The molecule has 4 heterocycles. The lowest BCUT2D eigenvalue weighted by Gasteiger charge is -2.41. The van der Waals surface area contributed by atoms with Gasteiger partial charge in [0.1, 0.15) is 0 Å². The molecule has 3 aliphatic rings. The van der Waals surface area contributed by atoms with Gasteiger partial charge in [0, 0.05) is 16.1 Å².